The smallest absolute Gasteiger partial charge is 0.231 e. The fraction of sp³-hybridized carbons (Fsp3) is 0.200. The van der Waals surface area contributed by atoms with Crippen LogP contribution < -0.4 is 10.2 Å². The predicted octanol–water partition coefficient (Wildman–Crippen LogP) is 4.97. The summed E-state index contributed by atoms with van der Waals surface area (Å²) in [6, 6.07) is 20.8. The minimum absolute atomic E-state index is 0.0296. The van der Waals surface area contributed by atoms with Crippen molar-refractivity contribution < 1.29 is 14.1 Å². The highest BCUT2D eigenvalue weighted by molar-refractivity contribution is 7.13. The predicted molar refractivity (Wildman–Crippen MR) is 129 cm³/mol. The molecule has 0 saturated heterocycles. The van der Waals surface area contributed by atoms with Gasteiger partial charge in [-0.15, -0.1) is 11.3 Å². The van der Waals surface area contributed by atoms with E-state index in [-0.39, 0.29) is 18.2 Å². The van der Waals surface area contributed by atoms with Crippen molar-refractivity contribution in [3.8, 4) is 10.7 Å². The second-order valence-corrected chi connectivity index (χ2v) is 8.33. The van der Waals surface area contributed by atoms with Crippen molar-refractivity contribution in [1.82, 2.24) is 10.1 Å². The van der Waals surface area contributed by atoms with Gasteiger partial charge in [0.05, 0.1) is 11.3 Å². The molecule has 2 heterocycles. The molecule has 1 N–H and O–H groups in total. The Morgan fingerprint density at radius 1 is 1.03 bits per heavy atom. The highest BCUT2D eigenvalue weighted by Crippen LogP contribution is 2.21. The summed E-state index contributed by atoms with van der Waals surface area (Å²) >= 11 is 1.53. The number of para-hydroxylation sites is 1. The van der Waals surface area contributed by atoms with Gasteiger partial charge in [-0.05, 0) is 48.2 Å². The molecular formula is C25H24N4O3S. The number of anilines is 2. The molecule has 33 heavy (non-hydrogen) atoms. The minimum atomic E-state index is -0.143. The van der Waals surface area contributed by atoms with E-state index in [0.717, 1.165) is 16.1 Å². The number of nitrogens with zero attached hydrogens (tertiary/aromatic N) is 3. The molecule has 0 spiro atoms. The Hall–Kier alpha value is -3.78. The second-order valence-electron chi connectivity index (χ2n) is 7.38. The molecule has 0 bridgehead atoms. The SMILES string of the molecule is CCN(C(=O)Cc1ccc(NC(=O)CCc2nc(-c3cccs3)no2)cc1)c1ccccc1. The summed E-state index contributed by atoms with van der Waals surface area (Å²) in [5, 5.41) is 8.77. The van der Waals surface area contributed by atoms with Crippen molar-refractivity contribution in [2.75, 3.05) is 16.8 Å². The van der Waals surface area contributed by atoms with Gasteiger partial charge in [0.15, 0.2) is 0 Å². The van der Waals surface area contributed by atoms with Crippen LogP contribution in [0, 0.1) is 0 Å². The summed E-state index contributed by atoms with van der Waals surface area (Å²) < 4.78 is 5.23. The van der Waals surface area contributed by atoms with Crippen LogP contribution in [-0.2, 0) is 22.4 Å². The molecule has 4 aromatic rings. The van der Waals surface area contributed by atoms with Gasteiger partial charge in [0.2, 0.25) is 23.5 Å². The highest BCUT2D eigenvalue weighted by atomic mass is 32.1. The minimum Gasteiger partial charge on any atom is -0.339 e. The van der Waals surface area contributed by atoms with Gasteiger partial charge in [0, 0.05) is 30.8 Å². The van der Waals surface area contributed by atoms with Gasteiger partial charge in [-0.25, -0.2) is 0 Å². The lowest BCUT2D eigenvalue weighted by atomic mass is 10.1. The average Bonchev–Trinajstić information content (AvgIpc) is 3.52. The number of benzene rings is 2. The van der Waals surface area contributed by atoms with Crippen molar-refractivity contribution in [3.63, 3.8) is 0 Å². The molecule has 4 rings (SSSR count). The van der Waals surface area contributed by atoms with E-state index >= 15 is 0 Å². The van der Waals surface area contributed by atoms with Crippen LogP contribution in [0.15, 0.2) is 76.6 Å². The van der Waals surface area contributed by atoms with Crippen LogP contribution in [0.4, 0.5) is 11.4 Å². The Balaban J connectivity index is 1.27. The third-order valence-electron chi connectivity index (χ3n) is 5.05. The monoisotopic (exact) mass is 460 g/mol. The van der Waals surface area contributed by atoms with Crippen LogP contribution in [0.1, 0.15) is 24.8 Å². The molecule has 0 aliphatic rings. The van der Waals surface area contributed by atoms with Crippen molar-refractivity contribution in [3.05, 3.63) is 83.6 Å². The normalized spacial score (nSPS) is 10.7. The number of hydrogen-bond acceptors (Lipinski definition) is 6. The van der Waals surface area contributed by atoms with Crippen LogP contribution in [0.25, 0.3) is 10.7 Å². The molecule has 8 heteroatoms. The lowest BCUT2D eigenvalue weighted by Crippen LogP contribution is -2.31. The van der Waals surface area contributed by atoms with Gasteiger partial charge in [-0.3, -0.25) is 9.59 Å². The number of amides is 2. The molecule has 7 nitrogen and oxygen atoms in total. The summed E-state index contributed by atoms with van der Waals surface area (Å²) in [5.74, 6) is 0.860. The summed E-state index contributed by atoms with van der Waals surface area (Å²) in [6.45, 7) is 2.56. The van der Waals surface area contributed by atoms with E-state index in [4.69, 9.17) is 4.52 Å². The van der Waals surface area contributed by atoms with Crippen molar-refractivity contribution in [2.45, 2.75) is 26.2 Å². The number of likely N-dealkylation sites (N-methyl/N-ethyl adjacent to an activating group) is 1. The van der Waals surface area contributed by atoms with E-state index < -0.39 is 0 Å². The van der Waals surface area contributed by atoms with Crippen molar-refractivity contribution >= 4 is 34.5 Å². The summed E-state index contributed by atoms with van der Waals surface area (Å²) in [7, 11) is 0. The molecule has 168 valence electrons. The van der Waals surface area contributed by atoms with Gasteiger partial charge in [-0.1, -0.05) is 41.6 Å². The molecule has 0 fully saturated rings. The number of carbonyl (C=O) groups excluding carboxylic acids is 2. The number of aryl methyl sites for hydroxylation is 1. The zero-order valence-electron chi connectivity index (χ0n) is 18.2. The van der Waals surface area contributed by atoms with Gasteiger partial charge in [-0.2, -0.15) is 4.98 Å². The molecule has 2 aromatic heterocycles. The van der Waals surface area contributed by atoms with Crippen LogP contribution in [-0.4, -0.2) is 28.5 Å². The fourth-order valence-electron chi connectivity index (χ4n) is 3.39. The fourth-order valence-corrected chi connectivity index (χ4v) is 4.04. The van der Waals surface area contributed by atoms with Gasteiger partial charge in [0.1, 0.15) is 0 Å². The molecule has 0 saturated carbocycles. The van der Waals surface area contributed by atoms with E-state index in [0.29, 0.717) is 36.8 Å². The maximum Gasteiger partial charge on any atom is 0.231 e. The maximum absolute atomic E-state index is 12.7. The summed E-state index contributed by atoms with van der Waals surface area (Å²) in [4.78, 5) is 32.1. The number of hydrogen-bond donors (Lipinski definition) is 1. The zero-order valence-corrected chi connectivity index (χ0v) is 19.0. The molecule has 0 radical (unpaired) electrons. The van der Waals surface area contributed by atoms with Gasteiger partial charge < -0.3 is 14.7 Å². The molecule has 0 atom stereocenters. The first-order valence-corrected chi connectivity index (χ1v) is 11.6. The topological polar surface area (TPSA) is 88.3 Å². The first-order chi connectivity index (χ1) is 16.1. The van der Waals surface area contributed by atoms with Crippen molar-refractivity contribution in [1.29, 1.82) is 0 Å². The van der Waals surface area contributed by atoms with Crippen LogP contribution in [0.2, 0.25) is 0 Å². The molecule has 2 aromatic carbocycles. The van der Waals surface area contributed by atoms with Crippen LogP contribution >= 0.6 is 11.3 Å². The Labute approximate surface area is 196 Å². The quantitative estimate of drug-likeness (QED) is 0.381. The number of rotatable bonds is 9. The van der Waals surface area contributed by atoms with Gasteiger partial charge in [0.25, 0.3) is 0 Å². The summed E-state index contributed by atoms with van der Waals surface area (Å²) in [5.41, 5.74) is 2.45. The molecule has 0 aliphatic carbocycles. The molecule has 0 aliphatic heterocycles. The third kappa shape index (κ3) is 5.93. The highest BCUT2D eigenvalue weighted by Gasteiger charge is 2.15. The molecule has 0 unspecified atom stereocenters. The zero-order chi connectivity index (χ0) is 23.0. The number of aromatic nitrogens is 2. The standard InChI is InChI=1S/C25H24N4O3S/c1-2-29(20-7-4-3-5-8-20)24(31)17-18-10-12-19(13-11-18)26-22(30)14-15-23-27-25(28-32-23)21-9-6-16-33-21/h3-13,16H,2,14-15,17H2,1H3,(H,26,30). The van der Waals surface area contributed by atoms with E-state index in [2.05, 4.69) is 15.5 Å². The van der Waals surface area contributed by atoms with Crippen LogP contribution in [0.3, 0.4) is 0 Å². The maximum atomic E-state index is 12.7. The van der Waals surface area contributed by atoms with Gasteiger partial charge >= 0.3 is 0 Å². The first-order valence-electron chi connectivity index (χ1n) is 10.7. The van der Waals surface area contributed by atoms with Crippen LogP contribution in [0.5, 0.6) is 0 Å². The Morgan fingerprint density at radius 2 is 1.82 bits per heavy atom. The van der Waals surface area contributed by atoms with E-state index in [1.165, 1.54) is 11.3 Å². The molecule has 2 amide bonds. The number of thiophene rings is 1. The Kier molecular flexibility index (Phi) is 7.26. The number of nitrogens with one attached hydrogen (secondary N) is 1. The summed E-state index contributed by atoms with van der Waals surface area (Å²) in [6.07, 6.45) is 0.888. The Morgan fingerprint density at radius 3 is 2.52 bits per heavy atom. The van der Waals surface area contributed by atoms with E-state index in [9.17, 15) is 9.59 Å². The average molecular weight is 461 g/mol. The molecular weight excluding hydrogens is 436 g/mol. The third-order valence-corrected chi connectivity index (χ3v) is 5.92. The number of carbonyl (C=O) groups is 2. The largest absolute Gasteiger partial charge is 0.339 e. The van der Waals surface area contributed by atoms with E-state index in [1.807, 2.05) is 66.9 Å². The second kappa shape index (κ2) is 10.7. The lowest BCUT2D eigenvalue weighted by Gasteiger charge is -2.21. The van der Waals surface area contributed by atoms with E-state index in [1.54, 1.807) is 17.0 Å². The van der Waals surface area contributed by atoms with Crippen molar-refractivity contribution in [2.24, 2.45) is 0 Å². The first kappa shape index (κ1) is 22.4. The lowest BCUT2D eigenvalue weighted by molar-refractivity contribution is -0.118. The Bertz CT molecular complexity index is 1190.